The number of oxazole rings is 1. The van der Waals surface area contributed by atoms with E-state index in [1.165, 1.54) is 4.57 Å². The van der Waals surface area contributed by atoms with Crippen molar-refractivity contribution in [2.75, 3.05) is 30.4 Å². The quantitative estimate of drug-likeness (QED) is 0.739. The molecule has 7 heteroatoms. The van der Waals surface area contributed by atoms with Gasteiger partial charge in [0.1, 0.15) is 0 Å². The molecule has 0 fully saturated rings. The van der Waals surface area contributed by atoms with Crippen molar-refractivity contribution in [3.8, 4) is 0 Å². The summed E-state index contributed by atoms with van der Waals surface area (Å²) in [7, 11) is 3.47. The highest BCUT2D eigenvalue weighted by molar-refractivity contribution is 6.11. The number of rotatable bonds is 5. The van der Waals surface area contributed by atoms with Gasteiger partial charge in [0.25, 0.3) is 5.91 Å². The SMILES string of the molecule is CN(CCO)c1ccc(NC(=O)c2cccc3c2oc(=O)n3C)cc1. The summed E-state index contributed by atoms with van der Waals surface area (Å²) in [4.78, 5) is 26.1. The normalized spacial score (nSPS) is 10.8. The average Bonchev–Trinajstić information content (AvgIpc) is 2.90. The lowest BCUT2D eigenvalue weighted by molar-refractivity contribution is 0.102. The minimum absolute atomic E-state index is 0.0707. The number of carbonyl (C=O) groups is 1. The van der Waals surface area contributed by atoms with Gasteiger partial charge in [-0.05, 0) is 36.4 Å². The Morgan fingerprint density at radius 1 is 1.24 bits per heavy atom. The van der Waals surface area contributed by atoms with E-state index in [0.29, 0.717) is 23.3 Å². The first-order chi connectivity index (χ1) is 12.0. The molecule has 0 radical (unpaired) electrons. The van der Waals surface area contributed by atoms with Crippen LogP contribution in [0.1, 0.15) is 10.4 Å². The van der Waals surface area contributed by atoms with Crippen molar-refractivity contribution in [3.05, 3.63) is 58.6 Å². The van der Waals surface area contributed by atoms with Gasteiger partial charge >= 0.3 is 5.76 Å². The minimum Gasteiger partial charge on any atom is -0.407 e. The molecular weight excluding hydrogens is 322 g/mol. The van der Waals surface area contributed by atoms with E-state index in [-0.39, 0.29) is 18.1 Å². The van der Waals surface area contributed by atoms with E-state index in [2.05, 4.69) is 5.32 Å². The molecule has 0 atom stereocenters. The first-order valence-electron chi connectivity index (χ1n) is 7.83. The van der Waals surface area contributed by atoms with Crippen LogP contribution in [0.5, 0.6) is 0 Å². The van der Waals surface area contributed by atoms with Gasteiger partial charge < -0.3 is 19.7 Å². The molecule has 0 aliphatic heterocycles. The molecule has 3 rings (SSSR count). The van der Waals surface area contributed by atoms with Gasteiger partial charge in [-0.2, -0.15) is 0 Å². The molecule has 130 valence electrons. The highest BCUT2D eigenvalue weighted by Gasteiger charge is 2.16. The number of nitrogens with one attached hydrogen (secondary N) is 1. The fourth-order valence-electron chi connectivity index (χ4n) is 2.61. The van der Waals surface area contributed by atoms with Gasteiger partial charge in [0, 0.05) is 32.0 Å². The number of hydrogen-bond acceptors (Lipinski definition) is 5. The molecule has 0 saturated carbocycles. The molecule has 0 aliphatic carbocycles. The molecule has 1 aromatic heterocycles. The predicted molar refractivity (Wildman–Crippen MR) is 96.2 cm³/mol. The first kappa shape index (κ1) is 16.8. The van der Waals surface area contributed by atoms with Gasteiger partial charge in [-0.1, -0.05) is 6.07 Å². The number of para-hydroxylation sites is 1. The molecular formula is C18H19N3O4. The van der Waals surface area contributed by atoms with Crippen LogP contribution in [0.4, 0.5) is 11.4 Å². The van der Waals surface area contributed by atoms with E-state index in [9.17, 15) is 9.59 Å². The average molecular weight is 341 g/mol. The van der Waals surface area contributed by atoms with E-state index in [1.54, 1.807) is 37.4 Å². The lowest BCUT2D eigenvalue weighted by Crippen LogP contribution is -2.21. The third-order valence-corrected chi connectivity index (χ3v) is 4.06. The van der Waals surface area contributed by atoms with Crippen LogP contribution in [0.3, 0.4) is 0 Å². The van der Waals surface area contributed by atoms with Crippen LogP contribution in [0.25, 0.3) is 11.1 Å². The summed E-state index contributed by atoms with van der Waals surface area (Å²) in [5.41, 5.74) is 2.70. The Bertz CT molecular complexity index is 957. The molecule has 0 saturated heterocycles. The van der Waals surface area contributed by atoms with E-state index < -0.39 is 5.76 Å². The van der Waals surface area contributed by atoms with Crippen molar-refractivity contribution in [3.63, 3.8) is 0 Å². The zero-order valence-corrected chi connectivity index (χ0v) is 14.0. The Balaban J connectivity index is 1.83. The van der Waals surface area contributed by atoms with Gasteiger partial charge in [-0.15, -0.1) is 0 Å². The number of anilines is 2. The summed E-state index contributed by atoms with van der Waals surface area (Å²) >= 11 is 0. The number of nitrogens with zero attached hydrogens (tertiary/aromatic N) is 2. The molecule has 25 heavy (non-hydrogen) atoms. The fraction of sp³-hybridized carbons (Fsp3) is 0.222. The number of aromatic nitrogens is 1. The van der Waals surface area contributed by atoms with E-state index in [4.69, 9.17) is 9.52 Å². The maximum Gasteiger partial charge on any atom is 0.419 e. The molecule has 2 aromatic carbocycles. The predicted octanol–water partition coefficient (Wildman–Crippen LogP) is 1.81. The smallest absolute Gasteiger partial charge is 0.407 e. The van der Waals surface area contributed by atoms with E-state index in [1.807, 2.05) is 24.1 Å². The number of carbonyl (C=O) groups excluding carboxylic acids is 1. The van der Waals surface area contributed by atoms with Crippen LogP contribution in [-0.2, 0) is 7.05 Å². The zero-order valence-electron chi connectivity index (χ0n) is 14.0. The topological polar surface area (TPSA) is 87.7 Å². The van der Waals surface area contributed by atoms with Gasteiger partial charge in [-0.3, -0.25) is 9.36 Å². The van der Waals surface area contributed by atoms with Crippen LogP contribution < -0.4 is 16.0 Å². The number of aliphatic hydroxyl groups excluding tert-OH is 1. The molecule has 0 aliphatic rings. The summed E-state index contributed by atoms with van der Waals surface area (Å²) < 4.78 is 6.54. The Hall–Kier alpha value is -3.06. The van der Waals surface area contributed by atoms with Crippen LogP contribution in [0, 0.1) is 0 Å². The second-order valence-corrected chi connectivity index (χ2v) is 5.73. The Morgan fingerprint density at radius 3 is 2.64 bits per heavy atom. The fourth-order valence-corrected chi connectivity index (χ4v) is 2.61. The third-order valence-electron chi connectivity index (χ3n) is 4.06. The van der Waals surface area contributed by atoms with Gasteiger partial charge in [0.15, 0.2) is 5.58 Å². The molecule has 1 heterocycles. The van der Waals surface area contributed by atoms with Crippen molar-refractivity contribution < 1.29 is 14.3 Å². The van der Waals surface area contributed by atoms with E-state index in [0.717, 1.165) is 5.69 Å². The second-order valence-electron chi connectivity index (χ2n) is 5.73. The molecule has 7 nitrogen and oxygen atoms in total. The molecule has 2 N–H and O–H groups in total. The van der Waals surface area contributed by atoms with Crippen LogP contribution in [0.15, 0.2) is 51.7 Å². The number of aryl methyl sites for hydroxylation is 1. The van der Waals surface area contributed by atoms with Crippen molar-refractivity contribution in [1.82, 2.24) is 4.57 Å². The van der Waals surface area contributed by atoms with Crippen LogP contribution in [0.2, 0.25) is 0 Å². The highest BCUT2D eigenvalue weighted by atomic mass is 16.4. The maximum absolute atomic E-state index is 12.5. The van der Waals surface area contributed by atoms with E-state index >= 15 is 0 Å². The largest absolute Gasteiger partial charge is 0.419 e. The van der Waals surface area contributed by atoms with Gasteiger partial charge in [-0.25, -0.2) is 4.79 Å². The van der Waals surface area contributed by atoms with Crippen molar-refractivity contribution in [1.29, 1.82) is 0 Å². The highest BCUT2D eigenvalue weighted by Crippen LogP contribution is 2.20. The Labute approximate surface area is 144 Å². The van der Waals surface area contributed by atoms with Crippen molar-refractivity contribution in [2.45, 2.75) is 0 Å². The Kier molecular flexibility index (Phi) is 4.58. The molecule has 0 bridgehead atoms. The molecule has 3 aromatic rings. The number of hydrogen-bond donors (Lipinski definition) is 2. The number of amides is 1. The summed E-state index contributed by atoms with van der Waals surface area (Å²) in [6, 6.07) is 12.3. The maximum atomic E-state index is 12.5. The number of fused-ring (bicyclic) bond motifs is 1. The lowest BCUT2D eigenvalue weighted by atomic mass is 10.1. The van der Waals surface area contributed by atoms with Crippen LogP contribution >= 0.6 is 0 Å². The third kappa shape index (κ3) is 3.27. The van der Waals surface area contributed by atoms with Crippen molar-refractivity contribution in [2.24, 2.45) is 7.05 Å². The summed E-state index contributed by atoms with van der Waals surface area (Å²) in [6.07, 6.45) is 0. The second kappa shape index (κ2) is 6.82. The van der Waals surface area contributed by atoms with Gasteiger partial charge in [0.2, 0.25) is 0 Å². The van der Waals surface area contributed by atoms with Crippen molar-refractivity contribution >= 4 is 28.4 Å². The number of aliphatic hydroxyl groups is 1. The van der Waals surface area contributed by atoms with Gasteiger partial charge in [0.05, 0.1) is 17.7 Å². The molecule has 0 unspecified atom stereocenters. The monoisotopic (exact) mass is 341 g/mol. The molecule has 1 amide bonds. The van der Waals surface area contributed by atoms with Crippen LogP contribution in [-0.4, -0.2) is 35.8 Å². The summed E-state index contributed by atoms with van der Waals surface area (Å²) in [5.74, 6) is -0.858. The Morgan fingerprint density at radius 2 is 1.96 bits per heavy atom. The number of likely N-dealkylation sites (N-methyl/N-ethyl adjacent to an activating group) is 1. The minimum atomic E-state index is -0.508. The summed E-state index contributed by atoms with van der Waals surface area (Å²) in [6.45, 7) is 0.599. The molecule has 0 spiro atoms. The summed E-state index contributed by atoms with van der Waals surface area (Å²) in [5, 5.41) is 11.8. The number of benzene rings is 2. The first-order valence-corrected chi connectivity index (χ1v) is 7.83. The standard InChI is InChI=1S/C18H19N3O4/c1-20(10-11-22)13-8-6-12(7-9-13)19-17(23)14-4-3-5-15-16(14)25-18(24)21(15)2/h3-9,22H,10-11H2,1-2H3,(H,19,23). The zero-order chi connectivity index (χ0) is 18.0. The lowest BCUT2D eigenvalue weighted by Gasteiger charge is -2.18.